The second-order valence-corrected chi connectivity index (χ2v) is 9.41. The molecule has 154 valence electrons. The molecule has 2 saturated heterocycles. The van der Waals surface area contributed by atoms with Crippen LogP contribution in [0, 0.1) is 11.8 Å². The summed E-state index contributed by atoms with van der Waals surface area (Å²) >= 11 is 3.40. The predicted molar refractivity (Wildman–Crippen MR) is 115 cm³/mol. The molecule has 0 radical (unpaired) electrons. The first kappa shape index (κ1) is 21.3. The molecule has 0 saturated carbocycles. The van der Waals surface area contributed by atoms with Crippen molar-refractivity contribution in [1.29, 1.82) is 0 Å². The predicted octanol–water partition coefficient (Wildman–Crippen LogP) is 3.54. The first-order valence-corrected chi connectivity index (χ1v) is 11.3. The topological polar surface area (TPSA) is 52.7 Å². The van der Waals surface area contributed by atoms with Crippen molar-refractivity contribution in [2.45, 2.75) is 45.6 Å². The highest BCUT2D eigenvalue weighted by molar-refractivity contribution is 9.10. The number of nitrogens with zero attached hydrogens (tertiary/aromatic N) is 2. The maximum Gasteiger partial charge on any atom is 0.253 e. The molecule has 6 heteroatoms. The zero-order valence-corrected chi connectivity index (χ0v) is 18.6. The Bertz CT molecular complexity index is 671. The summed E-state index contributed by atoms with van der Waals surface area (Å²) < 4.78 is 0.965. The zero-order chi connectivity index (χ0) is 20.1. The molecule has 1 N–H and O–H groups in total. The SMILES string of the molecule is CC1CCCN(CC(C)NC(=O)C2CCN(C(=O)c3ccc(Br)cc3)CC2)C1. The Morgan fingerprint density at radius 2 is 1.82 bits per heavy atom. The van der Waals surface area contributed by atoms with Crippen molar-refractivity contribution in [3.05, 3.63) is 34.3 Å². The Hall–Kier alpha value is -1.40. The fourth-order valence-corrected chi connectivity index (χ4v) is 4.63. The van der Waals surface area contributed by atoms with Gasteiger partial charge in [-0.2, -0.15) is 0 Å². The first-order chi connectivity index (χ1) is 13.4. The van der Waals surface area contributed by atoms with Crippen LogP contribution in [0.15, 0.2) is 28.7 Å². The molecule has 1 aromatic rings. The van der Waals surface area contributed by atoms with Gasteiger partial charge in [-0.25, -0.2) is 0 Å². The lowest BCUT2D eigenvalue weighted by atomic mass is 9.95. The number of likely N-dealkylation sites (tertiary alicyclic amines) is 2. The van der Waals surface area contributed by atoms with Gasteiger partial charge in [-0.15, -0.1) is 0 Å². The summed E-state index contributed by atoms with van der Waals surface area (Å²) in [6.45, 7) is 8.90. The van der Waals surface area contributed by atoms with E-state index in [1.54, 1.807) is 0 Å². The molecule has 28 heavy (non-hydrogen) atoms. The summed E-state index contributed by atoms with van der Waals surface area (Å²) in [7, 11) is 0. The lowest BCUT2D eigenvalue weighted by Gasteiger charge is -2.34. The van der Waals surface area contributed by atoms with Crippen molar-refractivity contribution in [1.82, 2.24) is 15.1 Å². The van der Waals surface area contributed by atoms with Crippen molar-refractivity contribution in [2.24, 2.45) is 11.8 Å². The fourth-order valence-electron chi connectivity index (χ4n) is 4.37. The number of nitrogens with one attached hydrogen (secondary N) is 1. The minimum absolute atomic E-state index is 0.0108. The highest BCUT2D eigenvalue weighted by atomic mass is 79.9. The number of rotatable bonds is 5. The molecule has 0 aliphatic carbocycles. The molecule has 2 amide bonds. The maximum absolute atomic E-state index is 12.7. The van der Waals surface area contributed by atoms with Gasteiger partial charge in [0, 0.05) is 48.2 Å². The Balaban J connectivity index is 1.43. The molecule has 0 spiro atoms. The van der Waals surface area contributed by atoms with Crippen molar-refractivity contribution in [2.75, 3.05) is 32.7 Å². The Morgan fingerprint density at radius 1 is 1.14 bits per heavy atom. The molecule has 2 fully saturated rings. The van der Waals surface area contributed by atoms with Crippen LogP contribution in [0.1, 0.15) is 49.9 Å². The normalized spacial score (nSPS) is 22.7. The van der Waals surface area contributed by atoms with Crippen LogP contribution < -0.4 is 5.32 Å². The summed E-state index contributed by atoms with van der Waals surface area (Å²) in [5.74, 6) is 0.966. The van der Waals surface area contributed by atoms with Gasteiger partial charge >= 0.3 is 0 Å². The van der Waals surface area contributed by atoms with E-state index in [1.807, 2.05) is 29.2 Å². The lowest BCUT2D eigenvalue weighted by Crippen LogP contribution is -2.48. The molecular weight excluding hydrogens is 418 g/mol. The monoisotopic (exact) mass is 449 g/mol. The van der Waals surface area contributed by atoms with Crippen LogP contribution in [0.4, 0.5) is 0 Å². The van der Waals surface area contributed by atoms with E-state index in [1.165, 1.54) is 12.8 Å². The van der Waals surface area contributed by atoms with E-state index in [-0.39, 0.29) is 23.8 Å². The quantitative estimate of drug-likeness (QED) is 0.747. The van der Waals surface area contributed by atoms with E-state index in [4.69, 9.17) is 0 Å². The average molecular weight is 450 g/mol. The van der Waals surface area contributed by atoms with Gasteiger partial charge in [-0.05, 0) is 69.3 Å². The highest BCUT2D eigenvalue weighted by Crippen LogP contribution is 2.21. The van der Waals surface area contributed by atoms with E-state index in [0.717, 1.165) is 42.9 Å². The van der Waals surface area contributed by atoms with Gasteiger partial charge in [0.15, 0.2) is 0 Å². The van der Waals surface area contributed by atoms with E-state index >= 15 is 0 Å². The molecule has 5 nitrogen and oxygen atoms in total. The van der Waals surface area contributed by atoms with Gasteiger partial charge in [0.1, 0.15) is 0 Å². The van der Waals surface area contributed by atoms with Crippen molar-refractivity contribution < 1.29 is 9.59 Å². The van der Waals surface area contributed by atoms with E-state index in [2.05, 4.69) is 40.0 Å². The molecule has 2 aliphatic heterocycles. The van der Waals surface area contributed by atoms with Crippen LogP contribution in [-0.2, 0) is 4.79 Å². The lowest BCUT2D eigenvalue weighted by molar-refractivity contribution is -0.127. The molecule has 0 aromatic heterocycles. The van der Waals surface area contributed by atoms with Gasteiger partial charge in [-0.3, -0.25) is 9.59 Å². The van der Waals surface area contributed by atoms with Crippen molar-refractivity contribution in [3.8, 4) is 0 Å². The number of amides is 2. The average Bonchev–Trinajstić information content (AvgIpc) is 2.68. The maximum atomic E-state index is 12.7. The summed E-state index contributed by atoms with van der Waals surface area (Å²) in [6, 6.07) is 7.62. The van der Waals surface area contributed by atoms with Crippen LogP contribution in [0.5, 0.6) is 0 Å². The number of carbonyl (C=O) groups excluding carboxylic acids is 2. The van der Waals surface area contributed by atoms with Crippen molar-refractivity contribution in [3.63, 3.8) is 0 Å². The minimum Gasteiger partial charge on any atom is -0.352 e. The zero-order valence-electron chi connectivity index (χ0n) is 17.0. The van der Waals surface area contributed by atoms with E-state index in [9.17, 15) is 9.59 Å². The molecular formula is C22H32BrN3O2. The van der Waals surface area contributed by atoms with Gasteiger partial charge in [0.05, 0.1) is 0 Å². The van der Waals surface area contributed by atoms with E-state index in [0.29, 0.717) is 18.7 Å². The second kappa shape index (κ2) is 9.88. The van der Waals surface area contributed by atoms with Crippen LogP contribution in [-0.4, -0.2) is 60.4 Å². The number of hydrogen-bond acceptors (Lipinski definition) is 3. The molecule has 3 rings (SSSR count). The standard InChI is InChI=1S/C22H32BrN3O2/c1-16-4-3-11-25(14-16)15-17(2)24-21(27)18-9-12-26(13-10-18)22(28)19-5-7-20(23)8-6-19/h5-8,16-18H,3-4,9-15H2,1-2H3,(H,24,27). The minimum atomic E-state index is 0.0108. The molecule has 0 bridgehead atoms. The number of halogens is 1. The third kappa shape index (κ3) is 5.80. The number of piperidine rings is 2. The van der Waals surface area contributed by atoms with Gasteiger partial charge in [0.25, 0.3) is 5.91 Å². The van der Waals surface area contributed by atoms with E-state index < -0.39 is 0 Å². The summed E-state index contributed by atoms with van der Waals surface area (Å²) in [5, 5.41) is 3.20. The molecule has 2 atom stereocenters. The Labute approximate surface area is 177 Å². The Kier molecular flexibility index (Phi) is 7.52. The highest BCUT2D eigenvalue weighted by Gasteiger charge is 2.29. The molecule has 1 aromatic carbocycles. The molecule has 2 unspecified atom stereocenters. The summed E-state index contributed by atoms with van der Waals surface area (Å²) in [5.41, 5.74) is 0.704. The van der Waals surface area contributed by atoms with Crippen LogP contribution in [0.2, 0.25) is 0 Å². The third-order valence-corrected chi connectivity index (χ3v) is 6.43. The van der Waals surface area contributed by atoms with Gasteiger partial charge < -0.3 is 15.1 Å². The second-order valence-electron chi connectivity index (χ2n) is 8.49. The third-order valence-electron chi connectivity index (χ3n) is 5.91. The van der Waals surface area contributed by atoms with Crippen LogP contribution >= 0.6 is 15.9 Å². The Morgan fingerprint density at radius 3 is 2.46 bits per heavy atom. The van der Waals surface area contributed by atoms with Crippen molar-refractivity contribution >= 4 is 27.7 Å². The van der Waals surface area contributed by atoms with Gasteiger partial charge in [0.2, 0.25) is 5.91 Å². The first-order valence-electron chi connectivity index (χ1n) is 10.5. The van der Waals surface area contributed by atoms with Gasteiger partial charge in [-0.1, -0.05) is 22.9 Å². The smallest absolute Gasteiger partial charge is 0.253 e. The van der Waals surface area contributed by atoms with Crippen LogP contribution in [0.3, 0.4) is 0 Å². The largest absolute Gasteiger partial charge is 0.352 e. The summed E-state index contributed by atoms with van der Waals surface area (Å²) in [6.07, 6.45) is 4.05. The molecule has 2 heterocycles. The summed E-state index contributed by atoms with van der Waals surface area (Å²) in [4.78, 5) is 29.6. The molecule has 2 aliphatic rings. The fraction of sp³-hybridized carbons (Fsp3) is 0.636. The van der Waals surface area contributed by atoms with Crippen LogP contribution in [0.25, 0.3) is 0 Å². The number of benzene rings is 1. The number of hydrogen-bond donors (Lipinski definition) is 1. The number of carbonyl (C=O) groups is 2.